The third-order valence-corrected chi connectivity index (χ3v) is 1.76. The fraction of sp³-hybridized carbons (Fsp3) is 0.273. The molecule has 2 nitrogen and oxygen atoms in total. The maximum absolute atomic E-state index is 8.79. The van der Waals surface area contributed by atoms with Crippen molar-refractivity contribution in [3.8, 4) is 0 Å². The molecule has 0 aliphatic carbocycles. The molecule has 1 aromatic rings. The van der Waals surface area contributed by atoms with Gasteiger partial charge in [-0.05, 0) is 18.5 Å². The summed E-state index contributed by atoms with van der Waals surface area (Å²) in [6, 6.07) is 10.2. The number of hydrogen-bond donors (Lipinski definition) is 2. The van der Waals surface area contributed by atoms with Gasteiger partial charge in [-0.3, -0.25) is 0 Å². The minimum Gasteiger partial charge on any atom is -0.512 e. The molecule has 0 bridgehead atoms. The summed E-state index contributed by atoms with van der Waals surface area (Å²) < 4.78 is 0. The summed E-state index contributed by atoms with van der Waals surface area (Å²) in [5.74, 6) is 0.188. The Bertz CT molecular complexity index is 256. The van der Waals surface area contributed by atoms with E-state index in [-0.39, 0.29) is 5.76 Å². The average Bonchev–Trinajstić information content (AvgIpc) is 2.14. The van der Waals surface area contributed by atoms with E-state index in [9.17, 15) is 0 Å². The summed E-state index contributed by atoms with van der Waals surface area (Å²) >= 11 is 0. The van der Waals surface area contributed by atoms with Crippen LogP contribution in [0.4, 0.5) is 0 Å². The average molecular weight is 177 g/mol. The molecule has 70 valence electrons. The smallest absolute Gasteiger partial charge is 0.0988 e. The zero-order valence-corrected chi connectivity index (χ0v) is 7.66. The Hall–Kier alpha value is -1.28. The highest BCUT2D eigenvalue weighted by Gasteiger charge is 1.91. The van der Waals surface area contributed by atoms with E-state index in [0.717, 1.165) is 13.0 Å². The van der Waals surface area contributed by atoms with E-state index in [0.29, 0.717) is 6.54 Å². The zero-order chi connectivity index (χ0) is 9.52. The van der Waals surface area contributed by atoms with Crippen LogP contribution in [0.5, 0.6) is 0 Å². The summed E-state index contributed by atoms with van der Waals surface area (Å²) in [7, 11) is 0. The molecular weight excluding hydrogens is 162 g/mol. The van der Waals surface area contributed by atoms with Gasteiger partial charge >= 0.3 is 0 Å². The topological polar surface area (TPSA) is 32.3 Å². The van der Waals surface area contributed by atoms with Crippen LogP contribution in [0, 0.1) is 0 Å². The van der Waals surface area contributed by atoms with Gasteiger partial charge in [0, 0.05) is 0 Å². The van der Waals surface area contributed by atoms with Gasteiger partial charge < -0.3 is 10.4 Å². The Morgan fingerprint density at radius 2 is 2.00 bits per heavy atom. The predicted octanol–water partition coefficient (Wildman–Crippen LogP) is 1.89. The van der Waals surface area contributed by atoms with Gasteiger partial charge in [0.05, 0.1) is 12.3 Å². The predicted molar refractivity (Wildman–Crippen MR) is 54.8 cm³/mol. The Labute approximate surface area is 78.9 Å². The van der Waals surface area contributed by atoms with Crippen LogP contribution in [0.2, 0.25) is 0 Å². The van der Waals surface area contributed by atoms with E-state index < -0.39 is 0 Å². The van der Waals surface area contributed by atoms with Crippen LogP contribution in [-0.4, -0.2) is 18.2 Å². The molecule has 0 aliphatic heterocycles. The molecule has 1 rings (SSSR count). The lowest BCUT2D eigenvalue weighted by Gasteiger charge is -2.03. The third kappa shape index (κ3) is 4.33. The summed E-state index contributed by atoms with van der Waals surface area (Å²) in [6.07, 6.45) is 0.980. The first-order valence-corrected chi connectivity index (χ1v) is 4.40. The summed E-state index contributed by atoms with van der Waals surface area (Å²) in [5.41, 5.74) is 1.30. The van der Waals surface area contributed by atoms with E-state index in [4.69, 9.17) is 5.11 Å². The first-order chi connectivity index (χ1) is 6.29. The van der Waals surface area contributed by atoms with Crippen molar-refractivity contribution in [2.45, 2.75) is 6.42 Å². The molecule has 0 aromatic heterocycles. The second kappa shape index (κ2) is 5.38. The van der Waals surface area contributed by atoms with E-state index in [2.05, 4.69) is 24.0 Å². The molecule has 2 heteroatoms. The molecule has 0 unspecified atom stereocenters. The molecule has 0 aliphatic rings. The first kappa shape index (κ1) is 9.81. The molecule has 13 heavy (non-hydrogen) atoms. The summed E-state index contributed by atoms with van der Waals surface area (Å²) in [5, 5.41) is 11.9. The fourth-order valence-electron chi connectivity index (χ4n) is 1.11. The lowest BCUT2D eigenvalue weighted by molar-refractivity contribution is 0.392. The van der Waals surface area contributed by atoms with Crippen molar-refractivity contribution in [3.63, 3.8) is 0 Å². The van der Waals surface area contributed by atoms with Crippen molar-refractivity contribution < 1.29 is 5.11 Å². The number of rotatable bonds is 5. The van der Waals surface area contributed by atoms with Crippen molar-refractivity contribution in [2.75, 3.05) is 13.1 Å². The van der Waals surface area contributed by atoms with Crippen LogP contribution in [-0.2, 0) is 6.42 Å². The minimum atomic E-state index is 0.188. The summed E-state index contributed by atoms with van der Waals surface area (Å²) in [4.78, 5) is 0. The molecule has 0 atom stereocenters. The van der Waals surface area contributed by atoms with Crippen molar-refractivity contribution >= 4 is 0 Å². The monoisotopic (exact) mass is 177 g/mol. The van der Waals surface area contributed by atoms with E-state index in [1.54, 1.807) is 0 Å². The lowest BCUT2D eigenvalue weighted by atomic mass is 10.1. The molecule has 0 amide bonds. The first-order valence-electron chi connectivity index (χ1n) is 4.40. The van der Waals surface area contributed by atoms with Crippen LogP contribution >= 0.6 is 0 Å². The Kier molecular flexibility index (Phi) is 4.06. The van der Waals surface area contributed by atoms with E-state index in [1.807, 2.05) is 18.2 Å². The van der Waals surface area contributed by atoms with Gasteiger partial charge in [-0.2, -0.15) is 0 Å². The highest BCUT2D eigenvalue weighted by Crippen LogP contribution is 1.97. The van der Waals surface area contributed by atoms with Gasteiger partial charge in [-0.1, -0.05) is 36.9 Å². The molecule has 1 aromatic carbocycles. The second-order valence-corrected chi connectivity index (χ2v) is 2.98. The van der Waals surface area contributed by atoms with Gasteiger partial charge in [-0.25, -0.2) is 0 Å². The number of aliphatic hydroxyl groups excluding tert-OH is 1. The van der Waals surface area contributed by atoms with Crippen LogP contribution in [0.15, 0.2) is 42.7 Å². The molecular formula is C11H15NO. The van der Waals surface area contributed by atoms with Crippen LogP contribution in [0.25, 0.3) is 0 Å². The molecule has 0 saturated carbocycles. The minimum absolute atomic E-state index is 0.188. The Balaban J connectivity index is 2.17. The largest absolute Gasteiger partial charge is 0.512 e. The number of benzene rings is 1. The van der Waals surface area contributed by atoms with E-state index >= 15 is 0 Å². The lowest BCUT2D eigenvalue weighted by Crippen LogP contribution is -2.19. The zero-order valence-electron chi connectivity index (χ0n) is 7.66. The standard InChI is InChI=1S/C11H15NO/c1-10(13)9-12-8-7-11-5-3-2-4-6-11/h2-6,12-13H,1,7-9H2. The molecule has 0 radical (unpaired) electrons. The maximum Gasteiger partial charge on any atom is 0.0988 e. The number of hydrogen-bond acceptors (Lipinski definition) is 2. The SMILES string of the molecule is C=C(O)CNCCc1ccccc1. The van der Waals surface area contributed by atoms with Gasteiger partial charge in [0.25, 0.3) is 0 Å². The quantitative estimate of drug-likeness (QED) is 0.531. The van der Waals surface area contributed by atoms with Gasteiger partial charge in [0.2, 0.25) is 0 Å². The molecule has 0 spiro atoms. The van der Waals surface area contributed by atoms with Gasteiger partial charge in [-0.15, -0.1) is 0 Å². The van der Waals surface area contributed by atoms with E-state index in [1.165, 1.54) is 5.56 Å². The van der Waals surface area contributed by atoms with Crippen molar-refractivity contribution in [1.29, 1.82) is 0 Å². The van der Waals surface area contributed by atoms with Crippen molar-refractivity contribution in [1.82, 2.24) is 5.32 Å². The molecule has 0 heterocycles. The fourth-order valence-corrected chi connectivity index (χ4v) is 1.11. The maximum atomic E-state index is 8.79. The third-order valence-electron chi connectivity index (χ3n) is 1.76. The van der Waals surface area contributed by atoms with Crippen molar-refractivity contribution in [2.24, 2.45) is 0 Å². The van der Waals surface area contributed by atoms with Gasteiger partial charge in [0.1, 0.15) is 0 Å². The molecule has 0 fully saturated rings. The number of nitrogens with one attached hydrogen (secondary N) is 1. The second-order valence-electron chi connectivity index (χ2n) is 2.98. The highest BCUT2D eigenvalue weighted by atomic mass is 16.3. The van der Waals surface area contributed by atoms with Crippen LogP contribution in [0.1, 0.15) is 5.56 Å². The van der Waals surface area contributed by atoms with Crippen LogP contribution in [0.3, 0.4) is 0 Å². The summed E-state index contributed by atoms with van der Waals surface area (Å²) in [6.45, 7) is 4.74. The molecule has 0 saturated heterocycles. The van der Waals surface area contributed by atoms with Crippen molar-refractivity contribution in [3.05, 3.63) is 48.2 Å². The molecule has 2 N–H and O–H groups in total. The van der Waals surface area contributed by atoms with Crippen LogP contribution < -0.4 is 5.32 Å². The Morgan fingerprint density at radius 1 is 1.31 bits per heavy atom. The number of aliphatic hydroxyl groups is 1. The Morgan fingerprint density at radius 3 is 2.62 bits per heavy atom. The highest BCUT2D eigenvalue weighted by molar-refractivity contribution is 5.14. The van der Waals surface area contributed by atoms with Gasteiger partial charge in [0.15, 0.2) is 0 Å². The normalized spacial score (nSPS) is 9.85.